The Labute approximate surface area is 147 Å². The number of benzene rings is 2. The fourth-order valence-electron chi connectivity index (χ4n) is 4.07. The lowest BCUT2D eigenvalue weighted by Gasteiger charge is -2.38. The van der Waals surface area contributed by atoms with Crippen LogP contribution in [-0.2, 0) is 0 Å². The van der Waals surface area contributed by atoms with Crippen molar-refractivity contribution in [2.75, 3.05) is 39.1 Å². The highest BCUT2D eigenvalue weighted by Gasteiger charge is 2.38. The molecule has 0 atom stereocenters. The van der Waals surface area contributed by atoms with Gasteiger partial charge in [0, 0.05) is 47.7 Å². The van der Waals surface area contributed by atoms with Gasteiger partial charge in [0.25, 0.3) is 11.8 Å². The SMILES string of the molecule is CN1CCC(N2C(=O)c3cccc4c(N(C)C)ccc(c34)C2=O)CC1. The van der Waals surface area contributed by atoms with Gasteiger partial charge in [-0.25, -0.2) is 0 Å². The second kappa shape index (κ2) is 5.85. The van der Waals surface area contributed by atoms with E-state index in [0.29, 0.717) is 11.1 Å². The second-order valence-electron chi connectivity index (χ2n) is 7.27. The van der Waals surface area contributed by atoms with Crippen molar-refractivity contribution >= 4 is 28.3 Å². The molecule has 2 aromatic carbocycles. The summed E-state index contributed by atoms with van der Waals surface area (Å²) in [5.41, 5.74) is 2.32. The highest BCUT2D eigenvalue weighted by molar-refractivity contribution is 6.26. The molecular weight excluding hydrogens is 314 g/mol. The first-order valence-corrected chi connectivity index (χ1v) is 8.78. The standard InChI is InChI=1S/C20H23N3O2/c1-21(2)17-8-7-16-18-14(17)5-4-6-15(18)19(24)23(20(16)25)13-9-11-22(3)12-10-13/h4-8,13H,9-12H2,1-3H3. The number of anilines is 1. The molecule has 2 heterocycles. The minimum atomic E-state index is -0.145. The van der Waals surface area contributed by atoms with Crippen LogP contribution in [0.5, 0.6) is 0 Å². The van der Waals surface area contributed by atoms with Gasteiger partial charge in [-0.3, -0.25) is 14.5 Å². The van der Waals surface area contributed by atoms with Crippen LogP contribution in [0.25, 0.3) is 10.8 Å². The predicted molar refractivity (Wildman–Crippen MR) is 99.3 cm³/mol. The summed E-state index contributed by atoms with van der Waals surface area (Å²) in [5, 5.41) is 1.76. The van der Waals surface area contributed by atoms with Gasteiger partial charge in [-0.05, 0) is 51.2 Å². The number of amides is 2. The fourth-order valence-corrected chi connectivity index (χ4v) is 4.07. The summed E-state index contributed by atoms with van der Waals surface area (Å²) in [4.78, 5) is 32.1. The molecule has 0 unspecified atom stereocenters. The molecule has 0 N–H and O–H groups in total. The smallest absolute Gasteiger partial charge is 0.261 e. The third kappa shape index (κ3) is 2.42. The Morgan fingerprint density at radius 3 is 2.24 bits per heavy atom. The summed E-state index contributed by atoms with van der Waals surface area (Å²) in [6.45, 7) is 1.83. The molecule has 0 radical (unpaired) electrons. The van der Waals surface area contributed by atoms with Crippen LogP contribution < -0.4 is 4.90 Å². The second-order valence-corrected chi connectivity index (χ2v) is 7.27. The zero-order valence-electron chi connectivity index (χ0n) is 15.0. The van der Waals surface area contributed by atoms with Crippen molar-refractivity contribution in [3.05, 3.63) is 41.5 Å². The molecule has 5 nitrogen and oxygen atoms in total. The molecular formula is C20H23N3O2. The van der Waals surface area contributed by atoms with Gasteiger partial charge in [-0.15, -0.1) is 0 Å². The Hall–Kier alpha value is -2.40. The number of hydrogen-bond acceptors (Lipinski definition) is 4. The lowest BCUT2D eigenvalue weighted by Crippen LogP contribution is -2.51. The van der Waals surface area contributed by atoms with E-state index in [0.717, 1.165) is 42.4 Å². The van der Waals surface area contributed by atoms with Crippen molar-refractivity contribution in [2.45, 2.75) is 18.9 Å². The van der Waals surface area contributed by atoms with Gasteiger partial charge in [-0.2, -0.15) is 0 Å². The number of hydrogen-bond donors (Lipinski definition) is 0. The van der Waals surface area contributed by atoms with E-state index < -0.39 is 0 Å². The molecule has 2 aromatic rings. The molecule has 130 valence electrons. The van der Waals surface area contributed by atoms with Gasteiger partial charge in [0.1, 0.15) is 0 Å². The zero-order chi connectivity index (χ0) is 17.7. The van der Waals surface area contributed by atoms with Gasteiger partial charge in [0.2, 0.25) is 0 Å². The van der Waals surface area contributed by atoms with Gasteiger partial charge >= 0.3 is 0 Å². The molecule has 0 bridgehead atoms. The van der Waals surface area contributed by atoms with E-state index in [9.17, 15) is 9.59 Å². The average molecular weight is 337 g/mol. The van der Waals surface area contributed by atoms with Crippen LogP contribution in [0, 0.1) is 0 Å². The van der Waals surface area contributed by atoms with Crippen molar-refractivity contribution in [1.82, 2.24) is 9.80 Å². The normalized spacial score (nSPS) is 18.9. The first-order chi connectivity index (χ1) is 12.0. The molecule has 2 amide bonds. The molecule has 2 aliphatic heterocycles. The van der Waals surface area contributed by atoms with Crippen molar-refractivity contribution in [2.24, 2.45) is 0 Å². The Kier molecular flexibility index (Phi) is 3.76. The lowest BCUT2D eigenvalue weighted by molar-refractivity contribution is 0.0471. The summed E-state index contributed by atoms with van der Waals surface area (Å²) in [6.07, 6.45) is 1.68. The van der Waals surface area contributed by atoms with Crippen molar-refractivity contribution in [1.29, 1.82) is 0 Å². The first kappa shape index (κ1) is 16.1. The molecule has 2 aliphatic rings. The summed E-state index contributed by atoms with van der Waals surface area (Å²) < 4.78 is 0. The van der Waals surface area contributed by atoms with Gasteiger partial charge in [-0.1, -0.05) is 12.1 Å². The molecule has 0 aromatic heterocycles. The molecule has 1 saturated heterocycles. The van der Waals surface area contributed by atoms with E-state index >= 15 is 0 Å². The van der Waals surface area contributed by atoms with E-state index in [-0.39, 0.29) is 17.9 Å². The highest BCUT2D eigenvalue weighted by Crippen LogP contribution is 2.36. The van der Waals surface area contributed by atoms with E-state index in [2.05, 4.69) is 11.9 Å². The summed E-state index contributed by atoms with van der Waals surface area (Å²) in [5.74, 6) is -0.290. The van der Waals surface area contributed by atoms with Gasteiger partial charge in [0.05, 0.1) is 0 Å². The van der Waals surface area contributed by atoms with Crippen LogP contribution in [0.15, 0.2) is 30.3 Å². The van der Waals surface area contributed by atoms with Crippen LogP contribution in [0.2, 0.25) is 0 Å². The van der Waals surface area contributed by atoms with E-state index in [1.165, 1.54) is 4.90 Å². The number of piperidine rings is 1. The molecule has 5 heteroatoms. The van der Waals surface area contributed by atoms with Crippen LogP contribution in [0.3, 0.4) is 0 Å². The Bertz CT molecular complexity index is 844. The topological polar surface area (TPSA) is 43.9 Å². The number of likely N-dealkylation sites (tertiary alicyclic amines) is 1. The third-order valence-electron chi connectivity index (χ3n) is 5.45. The maximum Gasteiger partial charge on any atom is 0.261 e. The number of carbonyl (C=O) groups excluding carboxylic acids is 2. The summed E-state index contributed by atoms with van der Waals surface area (Å²) in [6, 6.07) is 9.59. The highest BCUT2D eigenvalue weighted by atomic mass is 16.2. The van der Waals surface area contributed by atoms with Crippen molar-refractivity contribution in [3.63, 3.8) is 0 Å². The van der Waals surface area contributed by atoms with E-state index in [1.54, 1.807) is 0 Å². The molecule has 0 saturated carbocycles. The summed E-state index contributed by atoms with van der Waals surface area (Å²) >= 11 is 0. The number of rotatable bonds is 2. The molecule has 4 rings (SSSR count). The Morgan fingerprint density at radius 1 is 0.960 bits per heavy atom. The fraction of sp³-hybridized carbons (Fsp3) is 0.400. The van der Waals surface area contributed by atoms with E-state index in [4.69, 9.17) is 0 Å². The predicted octanol–water partition coefficient (Wildman–Crippen LogP) is 2.60. The maximum atomic E-state index is 13.2. The Balaban J connectivity index is 1.85. The van der Waals surface area contributed by atoms with Gasteiger partial charge in [0.15, 0.2) is 0 Å². The summed E-state index contributed by atoms with van der Waals surface area (Å²) in [7, 11) is 6.03. The quantitative estimate of drug-likeness (QED) is 0.790. The van der Waals surface area contributed by atoms with Crippen molar-refractivity contribution < 1.29 is 9.59 Å². The minimum Gasteiger partial charge on any atom is -0.377 e. The van der Waals surface area contributed by atoms with Crippen LogP contribution >= 0.6 is 0 Å². The largest absolute Gasteiger partial charge is 0.377 e. The Morgan fingerprint density at radius 2 is 1.60 bits per heavy atom. The van der Waals surface area contributed by atoms with E-state index in [1.807, 2.05) is 49.3 Å². The zero-order valence-corrected chi connectivity index (χ0v) is 15.0. The molecule has 0 aliphatic carbocycles. The van der Waals surface area contributed by atoms with Crippen LogP contribution in [-0.4, -0.2) is 61.9 Å². The maximum absolute atomic E-state index is 13.2. The number of nitrogens with zero attached hydrogens (tertiary/aromatic N) is 3. The molecule has 25 heavy (non-hydrogen) atoms. The van der Waals surface area contributed by atoms with Crippen molar-refractivity contribution in [3.8, 4) is 0 Å². The minimum absolute atomic E-state index is 0.00636. The van der Waals surface area contributed by atoms with Gasteiger partial charge < -0.3 is 9.80 Å². The monoisotopic (exact) mass is 337 g/mol. The van der Waals surface area contributed by atoms with Crippen LogP contribution in [0.4, 0.5) is 5.69 Å². The lowest BCUT2D eigenvalue weighted by atomic mass is 9.90. The number of carbonyl (C=O) groups is 2. The van der Waals surface area contributed by atoms with Crippen LogP contribution in [0.1, 0.15) is 33.6 Å². The molecule has 0 spiro atoms. The number of imide groups is 1. The molecule has 1 fully saturated rings. The average Bonchev–Trinajstić information content (AvgIpc) is 2.60. The third-order valence-corrected chi connectivity index (χ3v) is 5.45. The first-order valence-electron chi connectivity index (χ1n) is 8.78.